The van der Waals surface area contributed by atoms with E-state index in [2.05, 4.69) is 142 Å². The number of fused-ring (bicyclic) bond motifs is 1. The highest BCUT2D eigenvalue weighted by Gasteiger charge is 2.31. The van der Waals surface area contributed by atoms with Gasteiger partial charge in [-0.25, -0.2) is 0 Å². The van der Waals surface area contributed by atoms with Gasteiger partial charge in [-0.2, -0.15) is 0 Å². The first-order valence-corrected chi connectivity index (χ1v) is 12.3. The number of benzene rings is 4. The second-order valence-electron chi connectivity index (χ2n) is 9.80. The molecule has 1 heteroatoms. The van der Waals surface area contributed by atoms with Gasteiger partial charge in [-0.1, -0.05) is 98.8 Å². The maximum atomic E-state index is 2.43. The monoisotopic (exact) mass is 443 g/mol. The average Bonchev–Trinajstić information content (AvgIpc) is 2.88. The van der Waals surface area contributed by atoms with Gasteiger partial charge < -0.3 is 4.90 Å². The number of hydrogen-bond acceptors (Lipinski definition) is 1. The molecule has 0 spiro atoms. The highest BCUT2D eigenvalue weighted by atomic mass is 15.1. The van der Waals surface area contributed by atoms with Crippen molar-refractivity contribution in [3.8, 4) is 0 Å². The molecule has 5 rings (SSSR count). The van der Waals surface area contributed by atoms with E-state index in [1.54, 1.807) is 0 Å². The summed E-state index contributed by atoms with van der Waals surface area (Å²) in [7, 11) is 2.13. The van der Waals surface area contributed by atoms with Crippen LogP contribution in [-0.4, -0.2) is 7.05 Å². The van der Waals surface area contributed by atoms with Crippen LogP contribution < -0.4 is 4.90 Å². The molecular weight excluding hydrogens is 410 g/mol. The van der Waals surface area contributed by atoms with Gasteiger partial charge in [0.1, 0.15) is 0 Å². The van der Waals surface area contributed by atoms with Crippen LogP contribution in [0, 0.1) is 18.8 Å². The Morgan fingerprint density at radius 2 is 1.35 bits per heavy atom. The van der Waals surface area contributed by atoms with Gasteiger partial charge in [0.25, 0.3) is 0 Å². The molecule has 1 aliphatic rings. The van der Waals surface area contributed by atoms with Crippen molar-refractivity contribution in [3.63, 3.8) is 0 Å². The van der Waals surface area contributed by atoms with E-state index in [1.807, 2.05) is 0 Å². The van der Waals surface area contributed by atoms with Gasteiger partial charge >= 0.3 is 0 Å². The number of para-hydroxylation sites is 1. The van der Waals surface area contributed by atoms with E-state index < -0.39 is 0 Å². The SMILES string of the molecule is Cc1cc2ccccc2cc1C1C(c2ccc(N(C)c3ccccc3)cc2)=CC=CC1C(C)C. The summed E-state index contributed by atoms with van der Waals surface area (Å²) in [6, 6.07) is 33.1. The zero-order valence-electron chi connectivity index (χ0n) is 20.6. The summed E-state index contributed by atoms with van der Waals surface area (Å²) < 4.78 is 0. The van der Waals surface area contributed by atoms with Crippen LogP contribution in [0.15, 0.2) is 109 Å². The van der Waals surface area contributed by atoms with Crippen LogP contribution in [0.2, 0.25) is 0 Å². The minimum atomic E-state index is 0.340. The molecule has 4 aromatic rings. The molecule has 0 radical (unpaired) electrons. The molecule has 0 amide bonds. The number of nitrogens with zero attached hydrogens (tertiary/aromatic N) is 1. The van der Waals surface area contributed by atoms with Crippen molar-refractivity contribution >= 4 is 27.7 Å². The van der Waals surface area contributed by atoms with E-state index in [1.165, 1.54) is 44.4 Å². The van der Waals surface area contributed by atoms with Gasteiger partial charge in [0.05, 0.1) is 0 Å². The van der Waals surface area contributed by atoms with E-state index in [4.69, 9.17) is 0 Å². The second-order valence-corrected chi connectivity index (χ2v) is 9.80. The van der Waals surface area contributed by atoms with E-state index >= 15 is 0 Å². The molecule has 1 aliphatic carbocycles. The number of rotatable bonds is 5. The van der Waals surface area contributed by atoms with Gasteiger partial charge in [-0.15, -0.1) is 0 Å². The maximum Gasteiger partial charge on any atom is 0.0408 e. The predicted octanol–water partition coefficient (Wildman–Crippen LogP) is 8.93. The third kappa shape index (κ3) is 4.19. The second kappa shape index (κ2) is 9.35. The quantitative estimate of drug-likeness (QED) is 0.297. The van der Waals surface area contributed by atoms with Crippen LogP contribution in [0.1, 0.15) is 36.5 Å². The van der Waals surface area contributed by atoms with Crippen molar-refractivity contribution in [2.45, 2.75) is 26.7 Å². The molecule has 34 heavy (non-hydrogen) atoms. The van der Waals surface area contributed by atoms with Crippen LogP contribution in [0.5, 0.6) is 0 Å². The largest absolute Gasteiger partial charge is 0.345 e. The van der Waals surface area contributed by atoms with Gasteiger partial charge in [0.2, 0.25) is 0 Å². The molecule has 2 atom stereocenters. The fourth-order valence-corrected chi connectivity index (χ4v) is 5.35. The van der Waals surface area contributed by atoms with Crippen molar-refractivity contribution in [2.75, 3.05) is 11.9 Å². The van der Waals surface area contributed by atoms with Gasteiger partial charge in [-0.3, -0.25) is 0 Å². The topological polar surface area (TPSA) is 3.24 Å². The third-order valence-corrected chi connectivity index (χ3v) is 7.30. The summed E-state index contributed by atoms with van der Waals surface area (Å²) in [5.41, 5.74) is 7.92. The fraction of sp³-hybridized carbons (Fsp3) is 0.212. The van der Waals surface area contributed by atoms with Gasteiger partial charge in [0.15, 0.2) is 0 Å². The Labute approximate surface area is 204 Å². The van der Waals surface area contributed by atoms with Crippen LogP contribution >= 0.6 is 0 Å². The van der Waals surface area contributed by atoms with Crippen molar-refractivity contribution in [3.05, 3.63) is 126 Å². The lowest BCUT2D eigenvalue weighted by Gasteiger charge is -2.34. The fourth-order valence-electron chi connectivity index (χ4n) is 5.35. The Morgan fingerprint density at radius 3 is 2.03 bits per heavy atom. The van der Waals surface area contributed by atoms with E-state index in [-0.39, 0.29) is 0 Å². The van der Waals surface area contributed by atoms with Gasteiger partial charge in [0, 0.05) is 24.3 Å². The third-order valence-electron chi connectivity index (χ3n) is 7.30. The Kier molecular flexibility index (Phi) is 6.11. The zero-order valence-corrected chi connectivity index (χ0v) is 20.6. The molecule has 1 nitrogen and oxygen atoms in total. The normalized spacial score (nSPS) is 17.7. The van der Waals surface area contributed by atoms with E-state index in [0.717, 1.165) is 0 Å². The van der Waals surface area contributed by atoms with Crippen molar-refractivity contribution in [2.24, 2.45) is 11.8 Å². The molecule has 0 heterocycles. The van der Waals surface area contributed by atoms with Crippen molar-refractivity contribution in [1.82, 2.24) is 0 Å². The average molecular weight is 444 g/mol. The number of hydrogen-bond donors (Lipinski definition) is 0. The lowest BCUT2D eigenvalue weighted by atomic mass is 9.70. The lowest BCUT2D eigenvalue weighted by molar-refractivity contribution is 0.431. The molecule has 0 saturated carbocycles. The lowest BCUT2D eigenvalue weighted by Crippen LogP contribution is -2.21. The zero-order chi connectivity index (χ0) is 23.7. The summed E-state index contributed by atoms with van der Waals surface area (Å²) >= 11 is 0. The first kappa shape index (κ1) is 22.2. The maximum absolute atomic E-state index is 2.43. The molecule has 2 unspecified atom stereocenters. The van der Waals surface area contributed by atoms with Crippen LogP contribution in [0.3, 0.4) is 0 Å². The van der Waals surface area contributed by atoms with E-state index in [9.17, 15) is 0 Å². The van der Waals surface area contributed by atoms with Crippen LogP contribution in [0.25, 0.3) is 16.3 Å². The first-order chi connectivity index (χ1) is 16.5. The molecule has 0 saturated heterocycles. The highest BCUT2D eigenvalue weighted by Crippen LogP contribution is 2.46. The molecule has 0 aromatic heterocycles. The molecule has 0 bridgehead atoms. The number of allylic oxidation sites excluding steroid dienone is 4. The smallest absolute Gasteiger partial charge is 0.0408 e. The Morgan fingerprint density at radius 1 is 0.735 bits per heavy atom. The molecule has 0 fully saturated rings. The molecule has 170 valence electrons. The van der Waals surface area contributed by atoms with Crippen LogP contribution in [-0.2, 0) is 0 Å². The standard InChI is InChI=1S/C33H33N/c1-23(2)30-15-10-16-31(33(30)32-22-27-12-9-8-11-26(27)21-24(32)3)25-17-19-29(20-18-25)34(4)28-13-6-5-7-14-28/h5-23,30,33H,1-4H3. The Hall–Kier alpha value is -3.58. The summed E-state index contributed by atoms with van der Waals surface area (Å²) in [5, 5.41) is 2.63. The van der Waals surface area contributed by atoms with Crippen molar-refractivity contribution in [1.29, 1.82) is 0 Å². The number of aryl methyl sites for hydroxylation is 1. The molecular formula is C33H33N. The Bertz CT molecular complexity index is 1340. The minimum absolute atomic E-state index is 0.340. The minimum Gasteiger partial charge on any atom is -0.345 e. The molecule has 4 aromatic carbocycles. The summed E-state index contributed by atoms with van der Waals surface area (Å²) in [6.45, 7) is 6.96. The van der Waals surface area contributed by atoms with Crippen molar-refractivity contribution < 1.29 is 0 Å². The summed E-state index contributed by atoms with van der Waals surface area (Å²) in [4.78, 5) is 2.24. The molecule has 0 N–H and O–H groups in total. The number of anilines is 2. The summed E-state index contributed by atoms with van der Waals surface area (Å²) in [6.07, 6.45) is 7.00. The van der Waals surface area contributed by atoms with Crippen LogP contribution in [0.4, 0.5) is 11.4 Å². The van der Waals surface area contributed by atoms with Gasteiger partial charge in [-0.05, 0) is 76.1 Å². The van der Waals surface area contributed by atoms with E-state index in [0.29, 0.717) is 17.8 Å². The first-order valence-electron chi connectivity index (χ1n) is 12.3. The summed E-state index contributed by atoms with van der Waals surface area (Å²) in [5.74, 6) is 1.36. The molecule has 0 aliphatic heterocycles. The predicted molar refractivity (Wildman–Crippen MR) is 148 cm³/mol. The Balaban J connectivity index is 1.55. The highest BCUT2D eigenvalue weighted by molar-refractivity contribution is 5.86.